The standard InChI is InChI=1S/C29H36F3N5O2/c1-21-16-27-25(17-24(21)18-33-8-11-35-12-14-39-15-13-35)20-37(34-27)19-22-6-9-36(10-7-22)28(38)23-2-4-26(5-3-23)29(30,31)32/h2-5,16-17,20,22,33H,6-15,18-19H2,1H3. The van der Waals surface area contributed by atoms with Crippen LogP contribution in [0.4, 0.5) is 13.2 Å². The average Bonchev–Trinajstić information content (AvgIpc) is 3.32. The highest BCUT2D eigenvalue weighted by atomic mass is 19.4. The Bertz CT molecular complexity index is 1260. The summed E-state index contributed by atoms with van der Waals surface area (Å²) in [5.41, 5.74) is 3.04. The minimum absolute atomic E-state index is 0.214. The first-order chi connectivity index (χ1) is 18.8. The van der Waals surface area contributed by atoms with Crippen LogP contribution in [0.2, 0.25) is 0 Å². The molecule has 5 rings (SSSR count). The first-order valence-electron chi connectivity index (χ1n) is 13.7. The Morgan fingerprint density at radius 1 is 1.08 bits per heavy atom. The van der Waals surface area contributed by atoms with Crippen molar-refractivity contribution in [3.8, 4) is 0 Å². The Labute approximate surface area is 226 Å². The predicted molar refractivity (Wildman–Crippen MR) is 144 cm³/mol. The molecule has 2 aromatic carbocycles. The van der Waals surface area contributed by atoms with Crippen molar-refractivity contribution in [2.45, 2.75) is 39.0 Å². The molecule has 0 saturated carbocycles. The number of aryl methyl sites for hydroxylation is 1. The molecule has 0 aliphatic carbocycles. The fraction of sp³-hybridized carbons (Fsp3) is 0.517. The van der Waals surface area contributed by atoms with Gasteiger partial charge in [0, 0.05) is 69.5 Å². The summed E-state index contributed by atoms with van der Waals surface area (Å²) in [6, 6.07) is 8.84. The number of carbonyl (C=O) groups excluding carboxylic acids is 1. The van der Waals surface area contributed by atoms with Crippen molar-refractivity contribution in [2.75, 3.05) is 52.5 Å². The number of carbonyl (C=O) groups is 1. The number of hydrogen-bond acceptors (Lipinski definition) is 5. The molecule has 1 aromatic heterocycles. The number of likely N-dealkylation sites (tertiary alicyclic amines) is 1. The van der Waals surface area contributed by atoms with Crippen molar-refractivity contribution in [3.63, 3.8) is 0 Å². The van der Waals surface area contributed by atoms with Crippen molar-refractivity contribution in [3.05, 3.63) is 64.8 Å². The van der Waals surface area contributed by atoms with Crippen LogP contribution in [-0.4, -0.2) is 78.0 Å². The molecule has 1 N–H and O–H groups in total. The van der Waals surface area contributed by atoms with Crippen molar-refractivity contribution < 1.29 is 22.7 Å². The number of nitrogens with one attached hydrogen (secondary N) is 1. The van der Waals surface area contributed by atoms with E-state index in [1.165, 1.54) is 23.3 Å². The molecular formula is C29H36F3N5O2. The lowest BCUT2D eigenvalue weighted by Crippen LogP contribution is -2.40. The minimum atomic E-state index is -4.41. The first kappa shape index (κ1) is 27.6. The minimum Gasteiger partial charge on any atom is -0.379 e. The molecule has 3 aromatic rings. The van der Waals surface area contributed by atoms with Gasteiger partial charge in [-0.05, 0) is 73.2 Å². The fourth-order valence-electron chi connectivity index (χ4n) is 5.41. The number of alkyl halides is 3. The summed E-state index contributed by atoms with van der Waals surface area (Å²) in [6.07, 6.45) is -0.636. The number of morpholine rings is 1. The van der Waals surface area contributed by atoms with Gasteiger partial charge in [-0.3, -0.25) is 14.4 Å². The van der Waals surface area contributed by atoms with E-state index in [0.29, 0.717) is 24.6 Å². The van der Waals surface area contributed by atoms with E-state index < -0.39 is 11.7 Å². The van der Waals surface area contributed by atoms with Crippen LogP contribution in [0.5, 0.6) is 0 Å². The number of nitrogens with zero attached hydrogens (tertiary/aromatic N) is 4. The number of rotatable bonds is 8. The molecular weight excluding hydrogens is 507 g/mol. The fourth-order valence-corrected chi connectivity index (χ4v) is 5.41. The number of halogens is 3. The molecule has 2 fully saturated rings. The zero-order valence-corrected chi connectivity index (χ0v) is 22.3. The highest BCUT2D eigenvalue weighted by Gasteiger charge is 2.31. The molecule has 1 amide bonds. The summed E-state index contributed by atoms with van der Waals surface area (Å²) in [6.45, 7) is 10.5. The third-order valence-electron chi connectivity index (χ3n) is 7.84. The van der Waals surface area contributed by atoms with Crippen molar-refractivity contribution in [1.29, 1.82) is 0 Å². The van der Waals surface area contributed by atoms with E-state index in [2.05, 4.69) is 35.5 Å². The number of piperidine rings is 1. The first-order valence-corrected chi connectivity index (χ1v) is 13.7. The number of amides is 1. The van der Waals surface area contributed by atoms with Gasteiger partial charge in [-0.1, -0.05) is 0 Å². The van der Waals surface area contributed by atoms with Gasteiger partial charge < -0.3 is 15.0 Å². The van der Waals surface area contributed by atoms with Gasteiger partial charge in [0.05, 0.1) is 24.3 Å². The third-order valence-corrected chi connectivity index (χ3v) is 7.84. The maximum Gasteiger partial charge on any atom is 0.416 e. The zero-order chi connectivity index (χ0) is 27.4. The van der Waals surface area contributed by atoms with Crippen LogP contribution in [0.3, 0.4) is 0 Å². The molecule has 0 spiro atoms. The van der Waals surface area contributed by atoms with E-state index in [1.54, 1.807) is 4.90 Å². The largest absolute Gasteiger partial charge is 0.416 e. The normalized spacial score (nSPS) is 17.7. The van der Waals surface area contributed by atoms with Crippen LogP contribution >= 0.6 is 0 Å². The monoisotopic (exact) mass is 543 g/mol. The molecule has 2 aliphatic heterocycles. The average molecular weight is 544 g/mol. The van der Waals surface area contributed by atoms with Gasteiger partial charge in [0.2, 0.25) is 0 Å². The Kier molecular flexibility index (Phi) is 8.54. The molecule has 0 unspecified atom stereocenters. The molecule has 10 heteroatoms. The maximum atomic E-state index is 12.8. The Balaban J connectivity index is 1.11. The zero-order valence-electron chi connectivity index (χ0n) is 22.3. The number of aromatic nitrogens is 2. The smallest absolute Gasteiger partial charge is 0.379 e. The number of benzene rings is 2. The van der Waals surface area contributed by atoms with Gasteiger partial charge in [-0.15, -0.1) is 0 Å². The van der Waals surface area contributed by atoms with E-state index in [0.717, 1.165) is 88.4 Å². The molecule has 2 saturated heterocycles. The second-order valence-electron chi connectivity index (χ2n) is 10.6. The van der Waals surface area contributed by atoms with Crippen LogP contribution in [0.25, 0.3) is 10.9 Å². The molecule has 2 aliphatic rings. The Morgan fingerprint density at radius 3 is 2.49 bits per heavy atom. The summed E-state index contributed by atoms with van der Waals surface area (Å²) in [4.78, 5) is 17.0. The maximum absolute atomic E-state index is 12.8. The SMILES string of the molecule is Cc1cc2nn(CC3CCN(C(=O)c4ccc(C(F)(F)F)cc4)CC3)cc2cc1CNCCN1CCOCC1. The Morgan fingerprint density at radius 2 is 1.79 bits per heavy atom. The summed E-state index contributed by atoms with van der Waals surface area (Å²) >= 11 is 0. The lowest BCUT2D eigenvalue weighted by molar-refractivity contribution is -0.137. The van der Waals surface area contributed by atoms with Gasteiger partial charge in [-0.25, -0.2) is 0 Å². The topological polar surface area (TPSA) is 62.6 Å². The van der Waals surface area contributed by atoms with Crippen LogP contribution in [0, 0.1) is 12.8 Å². The van der Waals surface area contributed by atoms with Gasteiger partial charge in [0.25, 0.3) is 5.91 Å². The summed E-state index contributed by atoms with van der Waals surface area (Å²) in [5.74, 6) is 0.173. The molecule has 0 radical (unpaired) electrons. The summed E-state index contributed by atoms with van der Waals surface area (Å²) < 4.78 is 45.9. The quantitative estimate of drug-likeness (QED) is 0.429. The molecule has 3 heterocycles. The van der Waals surface area contributed by atoms with Gasteiger partial charge in [-0.2, -0.15) is 18.3 Å². The van der Waals surface area contributed by atoms with Crippen LogP contribution in [0.1, 0.15) is 39.9 Å². The highest BCUT2D eigenvalue weighted by Crippen LogP contribution is 2.29. The van der Waals surface area contributed by atoms with E-state index in [1.807, 2.05) is 4.68 Å². The van der Waals surface area contributed by atoms with Gasteiger partial charge >= 0.3 is 6.18 Å². The van der Waals surface area contributed by atoms with Crippen molar-refractivity contribution >= 4 is 16.8 Å². The summed E-state index contributed by atoms with van der Waals surface area (Å²) in [7, 11) is 0. The molecule has 210 valence electrons. The van der Waals surface area contributed by atoms with Gasteiger partial charge in [0.15, 0.2) is 0 Å². The lowest BCUT2D eigenvalue weighted by atomic mass is 9.96. The third kappa shape index (κ3) is 6.98. The number of hydrogen-bond donors (Lipinski definition) is 1. The summed E-state index contributed by atoms with van der Waals surface area (Å²) in [5, 5.41) is 9.50. The number of fused-ring (bicyclic) bond motifs is 1. The van der Waals surface area contributed by atoms with Crippen molar-refractivity contribution in [2.24, 2.45) is 5.92 Å². The lowest BCUT2D eigenvalue weighted by Gasteiger charge is -2.32. The second kappa shape index (κ2) is 12.1. The van der Waals surface area contributed by atoms with Crippen LogP contribution in [0.15, 0.2) is 42.6 Å². The van der Waals surface area contributed by atoms with Crippen LogP contribution < -0.4 is 5.32 Å². The van der Waals surface area contributed by atoms with E-state index in [-0.39, 0.29) is 5.91 Å². The van der Waals surface area contributed by atoms with E-state index in [9.17, 15) is 18.0 Å². The molecule has 7 nitrogen and oxygen atoms in total. The predicted octanol–water partition coefficient (Wildman–Crippen LogP) is 4.34. The van der Waals surface area contributed by atoms with Crippen LogP contribution in [-0.2, 0) is 24.0 Å². The molecule has 0 atom stereocenters. The number of ether oxygens (including phenoxy) is 1. The van der Waals surface area contributed by atoms with Gasteiger partial charge in [0.1, 0.15) is 0 Å². The molecule has 39 heavy (non-hydrogen) atoms. The molecule has 0 bridgehead atoms. The van der Waals surface area contributed by atoms with E-state index in [4.69, 9.17) is 9.84 Å². The van der Waals surface area contributed by atoms with E-state index >= 15 is 0 Å². The Hall–Kier alpha value is -2.95. The second-order valence-corrected chi connectivity index (χ2v) is 10.6. The highest BCUT2D eigenvalue weighted by molar-refractivity contribution is 5.94. The van der Waals surface area contributed by atoms with Crippen molar-refractivity contribution in [1.82, 2.24) is 24.9 Å².